The van der Waals surface area contributed by atoms with Gasteiger partial charge in [0.15, 0.2) is 5.82 Å². The molecule has 0 amide bonds. The molecular formula is C21H23N5. The first-order chi connectivity index (χ1) is 12.5. The summed E-state index contributed by atoms with van der Waals surface area (Å²) in [6.45, 7) is 7.54. The molecule has 1 N–H and O–H groups in total. The van der Waals surface area contributed by atoms with E-state index in [2.05, 4.69) is 94.7 Å². The lowest BCUT2D eigenvalue weighted by Gasteiger charge is -2.19. The van der Waals surface area contributed by atoms with Crippen molar-refractivity contribution >= 4 is 23.1 Å². The van der Waals surface area contributed by atoms with Crippen LogP contribution in [0.2, 0.25) is 0 Å². The smallest absolute Gasteiger partial charge is 0.249 e. The highest BCUT2D eigenvalue weighted by molar-refractivity contribution is 5.67. The van der Waals surface area contributed by atoms with Crippen LogP contribution in [0.3, 0.4) is 0 Å². The summed E-state index contributed by atoms with van der Waals surface area (Å²) in [5.41, 5.74) is 4.94. The lowest BCUT2D eigenvalue weighted by atomic mass is 9.87. The molecule has 1 aromatic heterocycles. The van der Waals surface area contributed by atoms with Crippen molar-refractivity contribution in [2.45, 2.75) is 32.6 Å². The molecule has 5 nitrogen and oxygen atoms in total. The average molecular weight is 345 g/mol. The van der Waals surface area contributed by atoms with Crippen molar-refractivity contribution in [1.29, 1.82) is 0 Å². The Morgan fingerprint density at radius 1 is 1.00 bits per heavy atom. The van der Waals surface area contributed by atoms with Gasteiger partial charge < -0.3 is 10.2 Å². The van der Waals surface area contributed by atoms with E-state index in [1.807, 2.05) is 0 Å². The van der Waals surface area contributed by atoms with Gasteiger partial charge in [0.25, 0.3) is 0 Å². The molecule has 0 atom stereocenters. The Hall–Kier alpha value is -2.95. The van der Waals surface area contributed by atoms with Crippen molar-refractivity contribution in [2.24, 2.45) is 0 Å². The zero-order valence-corrected chi connectivity index (χ0v) is 15.4. The second-order valence-corrected chi connectivity index (χ2v) is 7.62. The summed E-state index contributed by atoms with van der Waals surface area (Å²) < 4.78 is 0. The summed E-state index contributed by atoms with van der Waals surface area (Å²) in [6.07, 6.45) is 2.74. The highest BCUT2D eigenvalue weighted by atomic mass is 15.3. The van der Waals surface area contributed by atoms with Crippen LogP contribution >= 0.6 is 0 Å². The van der Waals surface area contributed by atoms with Gasteiger partial charge in [-0.25, -0.2) is 0 Å². The lowest BCUT2D eigenvalue weighted by molar-refractivity contribution is 0.590. The van der Waals surface area contributed by atoms with Crippen LogP contribution in [0.5, 0.6) is 0 Å². The molecule has 26 heavy (non-hydrogen) atoms. The van der Waals surface area contributed by atoms with Gasteiger partial charge in [0, 0.05) is 17.9 Å². The minimum Gasteiger partial charge on any atom is -0.324 e. The molecule has 5 heteroatoms. The molecule has 0 fully saturated rings. The average Bonchev–Trinajstić information content (AvgIpc) is 3.06. The van der Waals surface area contributed by atoms with Crippen LogP contribution in [-0.2, 0) is 11.8 Å². The first kappa shape index (κ1) is 16.5. The summed E-state index contributed by atoms with van der Waals surface area (Å²) in [6, 6.07) is 16.8. The zero-order chi connectivity index (χ0) is 18.1. The molecule has 2 heterocycles. The van der Waals surface area contributed by atoms with Gasteiger partial charge in [-0.15, -0.1) is 5.10 Å². The van der Waals surface area contributed by atoms with Crippen molar-refractivity contribution in [3.8, 4) is 0 Å². The fourth-order valence-corrected chi connectivity index (χ4v) is 3.24. The highest BCUT2D eigenvalue weighted by Crippen LogP contribution is 2.33. The van der Waals surface area contributed by atoms with E-state index in [9.17, 15) is 0 Å². The standard InChI is InChI=1S/C21H23N5/c1-21(2,3)16-8-10-17(11-9-16)23-20-24-19(14-22-25-20)26-13-12-15-6-4-5-7-18(15)26/h4-11,14H,12-13H2,1-3H3,(H,23,24,25). The van der Waals surface area contributed by atoms with Crippen LogP contribution < -0.4 is 10.2 Å². The molecule has 0 radical (unpaired) electrons. The zero-order valence-electron chi connectivity index (χ0n) is 15.4. The molecule has 132 valence electrons. The number of aromatic nitrogens is 3. The highest BCUT2D eigenvalue weighted by Gasteiger charge is 2.21. The number of nitrogens with one attached hydrogen (secondary N) is 1. The Balaban J connectivity index is 1.55. The molecular weight excluding hydrogens is 322 g/mol. The largest absolute Gasteiger partial charge is 0.324 e. The van der Waals surface area contributed by atoms with Gasteiger partial charge in [-0.3, -0.25) is 0 Å². The van der Waals surface area contributed by atoms with Crippen LogP contribution in [0.4, 0.5) is 23.1 Å². The Morgan fingerprint density at radius 3 is 2.54 bits per heavy atom. The van der Waals surface area contributed by atoms with Gasteiger partial charge in [-0.2, -0.15) is 10.1 Å². The first-order valence-corrected chi connectivity index (χ1v) is 8.93. The number of rotatable bonds is 3. The molecule has 4 rings (SSSR count). The summed E-state index contributed by atoms with van der Waals surface area (Å²) in [5, 5.41) is 11.5. The summed E-state index contributed by atoms with van der Waals surface area (Å²) >= 11 is 0. The number of anilines is 4. The maximum Gasteiger partial charge on any atom is 0.249 e. The second kappa shape index (κ2) is 6.41. The predicted octanol–water partition coefficient (Wildman–Crippen LogP) is 4.61. The summed E-state index contributed by atoms with van der Waals surface area (Å²) in [4.78, 5) is 6.85. The maximum atomic E-state index is 4.66. The third-order valence-electron chi connectivity index (χ3n) is 4.72. The van der Waals surface area contributed by atoms with Crippen LogP contribution in [0.25, 0.3) is 0 Å². The van der Waals surface area contributed by atoms with Gasteiger partial charge in [0.2, 0.25) is 5.95 Å². The maximum absolute atomic E-state index is 4.66. The molecule has 0 aliphatic carbocycles. The van der Waals surface area contributed by atoms with Crippen LogP contribution in [-0.4, -0.2) is 21.7 Å². The molecule has 1 aliphatic rings. The SMILES string of the molecule is CC(C)(C)c1ccc(Nc2nncc(N3CCc4ccccc43)n2)cc1. The quantitative estimate of drug-likeness (QED) is 0.751. The summed E-state index contributed by atoms with van der Waals surface area (Å²) in [7, 11) is 0. The molecule has 3 aromatic rings. The predicted molar refractivity (Wildman–Crippen MR) is 105 cm³/mol. The Bertz CT molecular complexity index is 912. The van der Waals surface area contributed by atoms with Crippen molar-refractivity contribution < 1.29 is 0 Å². The number of hydrogen-bond acceptors (Lipinski definition) is 5. The number of hydrogen-bond donors (Lipinski definition) is 1. The van der Waals surface area contributed by atoms with E-state index in [-0.39, 0.29) is 5.41 Å². The van der Waals surface area contributed by atoms with E-state index in [1.165, 1.54) is 16.8 Å². The molecule has 0 unspecified atom stereocenters. The fraction of sp³-hybridized carbons (Fsp3) is 0.286. The van der Waals surface area contributed by atoms with Gasteiger partial charge in [0.1, 0.15) is 0 Å². The van der Waals surface area contributed by atoms with Crippen molar-refractivity contribution in [2.75, 3.05) is 16.8 Å². The van der Waals surface area contributed by atoms with Crippen LogP contribution in [0.15, 0.2) is 54.7 Å². The molecule has 0 spiro atoms. The van der Waals surface area contributed by atoms with E-state index in [4.69, 9.17) is 0 Å². The Labute approximate surface area is 154 Å². The van der Waals surface area contributed by atoms with Crippen LogP contribution in [0.1, 0.15) is 31.9 Å². The number of benzene rings is 2. The second-order valence-electron chi connectivity index (χ2n) is 7.62. The lowest BCUT2D eigenvalue weighted by Crippen LogP contribution is -2.16. The minimum atomic E-state index is 0.139. The van der Waals surface area contributed by atoms with E-state index >= 15 is 0 Å². The fourth-order valence-electron chi connectivity index (χ4n) is 3.24. The van der Waals surface area contributed by atoms with Crippen LogP contribution in [0, 0.1) is 0 Å². The first-order valence-electron chi connectivity index (χ1n) is 8.93. The van der Waals surface area contributed by atoms with E-state index < -0.39 is 0 Å². The van der Waals surface area contributed by atoms with E-state index in [1.54, 1.807) is 6.20 Å². The molecule has 2 aromatic carbocycles. The molecule has 0 saturated heterocycles. The van der Waals surface area contributed by atoms with Gasteiger partial charge in [-0.05, 0) is 41.2 Å². The van der Waals surface area contributed by atoms with Crippen molar-refractivity contribution in [3.05, 3.63) is 65.9 Å². The van der Waals surface area contributed by atoms with Gasteiger partial charge in [0.05, 0.1) is 6.20 Å². The summed E-state index contributed by atoms with van der Waals surface area (Å²) in [5.74, 6) is 1.33. The molecule has 0 saturated carbocycles. The third kappa shape index (κ3) is 3.25. The van der Waals surface area contributed by atoms with E-state index in [0.717, 1.165) is 24.5 Å². The van der Waals surface area contributed by atoms with Crippen molar-refractivity contribution in [3.63, 3.8) is 0 Å². The number of fused-ring (bicyclic) bond motifs is 1. The monoisotopic (exact) mass is 345 g/mol. The minimum absolute atomic E-state index is 0.139. The number of nitrogens with zero attached hydrogens (tertiary/aromatic N) is 4. The van der Waals surface area contributed by atoms with Gasteiger partial charge in [-0.1, -0.05) is 51.1 Å². The molecule has 1 aliphatic heterocycles. The third-order valence-corrected chi connectivity index (χ3v) is 4.72. The van der Waals surface area contributed by atoms with Crippen molar-refractivity contribution in [1.82, 2.24) is 15.2 Å². The Kier molecular flexibility index (Phi) is 4.07. The van der Waals surface area contributed by atoms with E-state index in [0.29, 0.717) is 5.95 Å². The van der Waals surface area contributed by atoms with Gasteiger partial charge >= 0.3 is 0 Å². The normalized spacial score (nSPS) is 13.6. The molecule has 0 bridgehead atoms. The Morgan fingerprint density at radius 2 is 1.77 bits per heavy atom. The topological polar surface area (TPSA) is 53.9 Å². The number of para-hydroxylation sites is 1.